The highest BCUT2D eigenvalue weighted by Gasteiger charge is 2.31. The third-order valence-corrected chi connectivity index (χ3v) is 8.18. The van der Waals surface area contributed by atoms with Crippen LogP contribution in [-0.4, -0.2) is 41.2 Å². The fourth-order valence-corrected chi connectivity index (χ4v) is 5.99. The molecule has 1 saturated heterocycles. The molecule has 8 heteroatoms. The van der Waals surface area contributed by atoms with E-state index in [2.05, 4.69) is 15.3 Å². The number of aromatic nitrogens is 2. The standard InChI is InChI=1S/C25H30N4O3S/c1-3-22(24-26-17-23(27-24)19-11-5-4-6-12-19)28-25(30)20-13-9-14-21(16-20)33(31,32)29-15-8-7-10-18(29)2/h4-6,9,11-14,16-18,22H,3,7-8,10,15H2,1-2H3,(H,26,27)(H,28,30). The lowest BCUT2D eigenvalue weighted by Crippen LogP contribution is -2.42. The molecule has 1 aliphatic heterocycles. The van der Waals surface area contributed by atoms with Gasteiger partial charge in [-0.25, -0.2) is 13.4 Å². The number of amides is 1. The lowest BCUT2D eigenvalue weighted by molar-refractivity contribution is 0.0933. The SMILES string of the molecule is CCC(NC(=O)c1cccc(S(=O)(=O)N2CCCCC2C)c1)c1ncc(-c2ccccc2)[nH]1. The number of nitrogens with zero attached hydrogens (tertiary/aromatic N) is 2. The van der Waals surface area contributed by atoms with Crippen LogP contribution in [0.1, 0.15) is 61.8 Å². The molecule has 4 rings (SSSR count). The molecule has 7 nitrogen and oxygen atoms in total. The maximum Gasteiger partial charge on any atom is 0.251 e. The number of benzene rings is 2. The fraction of sp³-hybridized carbons (Fsp3) is 0.360. The summed E-state index contributed by atoms with van der Waals surface area (Å²) in [6.07, 6.45) is 5.14. The van der Waals surface area contributed by atoms with Gasteiger partial charge in [-0.2, -0.15) is 4.31 Å². The molecule has 1 aromatic heterocycles. The topological polar surface area (TPSA) is 95.2 Å². The Kier molecular flexibility index (Phi) is 6.95. The lowest BCUT2D eigenvalue weighted by Gasteiger charge is -2.32. The maximum atomic E-state index is 13.2. The van der Waals surface area contributed by atoms with E-state index < -0.39 is 10.0 Å². The minimum absolute atomic E-state index is 0.0385. The van der Waals surface area contributed by atoms with Gasteiger partial charge in [0, 0.05) is 18.2 Å². The summed E-state index contributed by atoms with van der Waals surface area (Å²) < 4.78 is 27.9. The molecule has 0 aliphatic carbocycles. The highest BCUT2D eigenvalue weighted by atomic mass is 32.2. The summed E-state index contributed by atoms with van der Waals surface area (Å²) in [7, 11) is -3.65. The Bertz CT molecular complexity index is 1210. The van der Waals surface area contributed by atoms with Crippen molar-refractivity contribution in [3.05, 3.63) is 72.2 Å². The van der Waals surface area contributed by atoms with Crippen LogP contribution in [0.4, 0.5) is 0 Å². The zero-order chi connectivity index (χ0) is 23.4. The van der Waals surface area contributed by atoms with E-state index in [1.807, 2.05) is 44.2 Å². The van der Waals surface area contributed by atoms with E-state index in [9.17, 15) is 13.2 Å². The van der Waals surface area contributed by atoms with E-state index in [1.54, 1.807) is 28.7 Å². The Hall–Kier alpha value is -2.97. The zero-order valence-corrected chi connectivity index (χ0v) is 19.8. The van der Waals surface area contributed by atoms with Crippen LogP contribution in [0.25, 0.3) is 11.3 Å². The van der Waals surface area contributed by atoms with Crippen LogP contribution in [0.5, 0.6) is 0 Å². The number of carbonyl (C=O) groups excluding carboxylic acids is 1. The van der Waals surface area contributed by atoms with Gasteiger partial charge in [0.25, 0.3) is 5.91 Å². The number of nitrogens with one attached hydrogen (secondary N) is 2. The number of imidazole rings is 1. The number of aromatic amines is 1. The maximum absolute atomic E-state index is 13.2. The smallest absolute Gasteiger partial charge is 0.251 e. The van der Waals surface area contributed by atoms with E-state index in [4.69, 9.17) is 0 Å². The van der Waals surface area contributed by atoms with Crippen LogP contribution in [0.2, 0.25) is 0 Å². The minimum atomic E-state index is -3.65. The second-order valence-electron chi connectivity index (χ2n) is 8.47. The molecule has 0 radical (unpaired) electrons. The van der Waals surface area contributed by atoms with Crippen molar-refractivity contribution in [2.75, 3.05) is 6.54 Å². The van der Waals surface area contributed by atoms with Crippen LogP contribution in [0.3, 0.4) is 0 Å². The first-order valence-electron chi connectivity index (χ1n) is 11.4. The number of piperidine rings is 1. The zero-order valence-electron chi connectivity index (χ0n) is 19.0. The molecule has 2 heterocycles. The molecule has 0 spiro atoms. The third kappa shape index (κ3) is 5.02. The summed E-state index contributed by atoms with van der Waals surface area (Å²) in [5.74, 6) is 0.332. The Morgan fingerprint density at radius 1 is 1.18 bits per heavy atom. The van der Waals surface area contributed by atoms with E-state index >= 15 is 0 Å². The molecule has 1 amide bonds. The monoisotopic (exact) mass is 466 g/mol. The second kappa shape index (κ2) is 9.89. The van der Waals surface area contributed by atoms with Crippen molar-refractivity contribution < 1.29 is 13.2 Å². The normalized spacial score (nSPS) is 18.1. The molecule has 174 valence electrons. The Morgan fingerprint density at radius 3 is 2.70 bits per heavy atom. The van der Waals surface area contributed by atoms with Crippen LogP contribution in [0, 0.1) is 0 Å². The van der Waals surface area contributed by atoms with E-state index in [0.717, 1.165) is 30.5 Å². The quantitative estimate of drug-likeness (QED) is 0.535. The van der Waals surface area contributed by atoms with Gasteiger partial charge in [0.1, 0.15) is 5.82 Å². The van der Waals surface area contributed by atoms with Gasteiger partial charge in [-0.3, -0.25) is 4.79 Å². The van der Waals surface area contributed by atoms with Gasteiger partial charge in [0.05, 0.1) is 22.8 Å². The minimum Gasteiger partial charge on any atom is -0.342 e. The first-order valence-corrected chi connectivity index (χ1v) is 12.9. The molecule has 0 saturated carbocycles. The number of sulfonamides is 1. The van der Waals surface area contributed by atoms with Gasteiger partial charge in [0.15, 0.2) is 0 Å². The number of rotatable bonds is 7. The summed E-state index contributed by atoms with van der Waals surface area (Å²) in [5.41, 5.74) is 2.21. The van der Waals surface area contributed by atoms with Crippen molar-refractivity contribution in [2.24, 2.45) is 0 Å². The van der Waals surface area contributed by atoms with Gasteiger partial charge in [-0.05, 0) is 49.9 Å². The predicted molar refractivity (Wildman–Crippen MR) is 128 cm³/mol. The van der Waals surface area contributed by atoms with Gasteiger partial charge < -0.3 is 10.3 Å². The summed E-state index contributed by atoms with van der Waals surface area (Å²) >= 11 is 0. The fourth-order valence-electron chi connectivity index (χ4n) is 4.25. The van der Waals surface area contributed by atoms with Crippen LogP contribution in [0.15, 0.2) is 65.7 Å². The van der Waals surface area contributed by atoms with E-state index in [-0.39, 0.29) is 22.9 Å². The van der Waals surface area contributed by atoms with E-state index in [0.29, 0.717) is 24.4 Å². The average molecular weight is 467 g/mol. The van der Waals surface area contributed by atoms with Crippen molar-refractivity contribution in [1.29, 1.82) is 0 Å². The van der Waals surface area contributed by atoms with Crippen molar-refractivity contribution in [3.8, 4) is 11.3 Å². The summed E-state index contributed by atoms with van der Waals surface area (Å²) in [4.78, 5) is 20.9. The largest absolute Gasteiger partial charge is 0.342 e. The predicted octanol–water partition coefficient (Wildman–Crippen LogP) is 4.52. The van der Waals surface area contributed by atoms with Crippen molar-refractivity contribution in [1.82, 2.24) is 19.6 Å². The summed E-state index contributed by atoms with van der Waals surface area (Å²) in [6, 6.07) is 15.8. The van der Waals surface area contributed by atoms with Gasteiger partial charge in [0.2, 0.25) is 10.0 Å². The molecule has 2 atom stereocenters. The van der Waals surface area contributed by atoms with Crippen molar-refractivity contribution in [3.63, 3.8) is 0 Å². The lowest BCUT2D eigenvalue weighted by atomic mass is 10.1. The molecule has 2 N–H and O–H groups in total. The van der Waals surface area contributed by atoms with Gasteiger partial charge in [-0.1, -0.05) is 49.7 Å². The van der Waals surface area contributed by atoms with E-state index in [1.165, 1.54) is 6.07 Å². The number of H-pyrrole nitrogens is 1. The molecule has 1 fully saturated rings. The molecule has 1 aliphatic rings. The molecule has 2 aromatic carbocycles. The highest BCUT2D eigenvalue weighted by Crippen LogP contribution is 2.26. The molecule has 0 bridgehead atoms. The number of carbonyl (C=O) groups is 1. The van der Waals surface area contributed by atoms with Crippen molar-refractivity contribution >= 4 is 15.9 Å². The highest BCUT2D eigenvalue weighted by molar-refractivity contribution is 7.89. The second-order valence-corrected chi connectivity index (χ2v) is 10.4. The average Bonchev–Trinajstić information content (AvgIpc) is 3.33. The van der Waals surface area contributed by atoms with Gasteiger partial charge >= 0.3 is 0 Å². The number of hydrogen-bond acceptors (Lipinski definition) is 4. The molecular formula is C25H30N4O3S. The van der Waals surface area contributed by atoms with Gasteiger partial charge in [-0.15, -0.1) is 0 Å². The summed E-state index contributed by atoms with van der Waals surface area (Å²) in [6.45, 7) is 4.42. The summed E-state index contributed by atoms with van der Waals surface area (Å²) in [5, 5.41) is 2.99. The molecular weight excluding hydrogens is 436 g/mol. The van der Waals surface area contributed by atoms with Crippen LogP contribution >= 0.6 is 0 Å². The van der Waals surface area contributed by atoms with Crippen LogP contribution < -0.4 is 5.32 Å². The Morgan fingerprint density at radius 2 is 1.97 bits per heavy atom. The Labute approximate surface area is 195 Å². The Balaban J connectivity index is 1.52. The first kappa shape index (κ1) is 23.2. The molecule has 33 heavy (non-hydrogen) atoms. The number of hydrogen-bond donors (Lipinski definition) is 2. The van der Waals surface area contributed by atoms with Crippen LogP contribution in [-0.2, 0) is 10.0 Å². The molecule has 2 unspecified atom stereocenters. The molecule has 3 aromatic rings. The third-order valence-electron chi connectivity index (χ3n) is 6.17. The first-order chi connectivity index (χ1) is 15.9. The van der Waals surface area contributed by atoms with Crippen molar-refractivity contribution in [2.45, 2.75) is 56.5 Å².